The minimum Gasteiger partial charge on any atom is -0.354 e. The Labute approximate surface area is 151 Å². The summed E-state index contributed by atoms with van der Waals surface area (Å²) in [7, 11) is 0. The van der Waals surface area contributed by atoms with Crippen LogP contribution in [0.15, 0.2) is 30.3 Å². The first-order chi connectivity index (χ1) is 12.3. The van der Waals surface area contributed by atoms with Gasteiger partial charge >= 0.3 is 0 Å². The van der Waals surface area contributed by atoms with Crippen LogP contribution in [0, 0.1) is 0 Å². The molecule has 0 spiro atoms. The van der Waals surface area contributed by atoms with Gasteiger partial charge in [0.15, 0.2) is 5.65 Å². The molecule has 1 saturated heterocycles. The van der Waals surface area contributed by atoms with Crippen molar-refractivity contribution in [1.29, 1.82) is 0 Å². The minimum absolute atomic E-state index is 0.742. The lowest BCUT2D eigenvalue weighted by Gasteiger charge is -2.31. The second kappa shape index (κ2) is 6.00. The fourth-order valence-corrected chi connectivity index (χ4v) is 4.05. The lowest BCUT2D eigenvalue weighted by atomic mass is 10.1. The lowest BCUT2D eigenvalue weighted by Crippen LogP contribution is -2.44. The molecule has 1 N–H and O–H groups in total. The third kappa shape index (κ3) is 2.58. The Morgan fingerprint density at radius 1 is 1.04 bits per heavy atom. The summed E-state index contributed by atoms with van der Waals surface area (Å²) in [6, 6.07) is 9.94. The summed E-state index contributed by atoms with van der Waals surface area (Å²) >= 11 is 6.02. The van der Waals surface area contributed by atoms with Crippen LogP contribution < -0.4 is 10.2 Å². The molecule has 25 heavy (non-hydrogen) atoms. The second-order valence-corrected chi connectivity index (χ2v) is 7.19. The molecule has 0 unspecified atom stereocenters. The van der Waals surface area contributed by atoms with Gasteiger partial charge in [0.05, 0.1) is 5.69 Å². The Morgan fingerprint density at radius 2 is 1.84 bits per heavy atom. The van der Waals surface area contributed by atoms with Crippen LogP contribution in [0.5, 0.6) is 0 Å². The van der Waals surface area contributed by atoms with E-state index in [0.717, 1.165) is 60.9 Å². The molecular formula is C19H20ClN5. The van der Waals surface area contributed by atoms with Gasteiger partial charge in [-0.1, -0.05) is 23.7 Å². The number of nitrogens with zero attached hydrogens (tertiary/aromatic N) is 4. The van der Waals surface area contributed by atoms with Crippen molar-refractivity contribution < 1.29 is 0 Å². The zero-order valence-electron chi connectivity index (χ0n) is 14.0. The number of rotatable bonds is 2. The monoisotopic (exact) mass is 353 g/mol. The molecule has 2 aliphatic rings. The van der Waals surface area contributed by atoms with E-state index >= 15 is 0 Å². The minimum atomic E-state index is 0.742. The number of hydrogen-bond acceptors (Lipinski definition) is 4. The van der Waals surface area contributed by atoms with Crippen molar-refractivity contribution in [3.63, 3.8) is 0 Å². The van der Waals surface area contributed by atoms with Crippen LogP contribution in [0.3, 0.4) is 0 Å². The molecular weight excluding hydrogens is 334 g/mol. The normalized spacial score (nSPS) is 17.2. The molecule has 128 valence electrons. The molecule has 1 aliphatic carbocycles. The number of hydrogen-bond donors (Lipinski definition) is 1. The number of aryl methyl sites for hydroxylation is 1. The third-order valence-corrected chi connectivity index (χ3v) is 5.41. The van der Waals surface area contributed by atoms with E-state index < -0.39 is 0 Å². The van der Waals surface area contributed by atoms with Crippen LogP contribution in [-0.2, 0) is 12.8 Å². The van der Waals surface area contributed by atoms with Crippen LogP contribution in [0.4, 0.5) is 5.82 Å². The first-order valence-electron chi connectivity index (χ1n) is 8.93. The highest BCUT2D eigenvalue weighted by atomic mass is 35.5. The van der Waals surface area contributed by atoms with E-state index in [4.69, 9.17) is 21.7 Å². The molecule has 3 aromatic rings. The SMILES string of the molecule is Clc1ccc(-c2cc3nc4c(c(N5CCNCC5)n3n2)CCC4)cc1. The summed E-state index contributed by atoms with van der Waals surface area (Å²) < 4.78 is 2.05. The molecule has 0 saturated carbocycles. The molecule has 0 bridgehead atoms. The summed E-state index contributed by atoms with van der Waals surface area (Å²) in [6.45, 7) is 4.07. The predicted octanol–water partition coefficient (Wildman–Crippen LogP) is 2.95. The van der Waals surface area contributed by atoms with Crippen molar-refractivity contribution in [3.05, 3.63) is 46.6 Å². The number of aromatic nitrogens is 3. The molecule has 1 aromatic carbocycles. The summed E-state index contributed by atoms with van der Waals surface area (Å²) in [4.78, 5) is 7.37. The number of anilines is 1. The molecule has 1 fully saturated rings. The van der Waals surface area contributed by atoms with Gasteiger partial charge in [-0.25, -0.2) is 4.98 Å². The van der Waals surface area contributed by atoms with Gasteiger partial charge < -0.3 is 10.2 Å². The quantitative estimate of drug-likeness (QED) is 0.769. The van der Waals surface area contributed by atoms with Crippen LogP contribution in [-0.4, -0.2) is 40.8 Å². The maximum Gasteiger partial charge on any atom is 0.158 e. The highest BCUT2D eigenvalue weighted by Crippen LogP contribution is 2.33. The Bertz CT molecular complexity index is 925. The number of benzene rings is 1. The van der Waals surface area contributed by atoms with E-state index in [1.807, 2.05) is 24.3 Å². The largest absolute Gasteiger partial charge is 0.354 e. The van der Waals surface area contributed by atoms with Crippen LogP contribution in [0.1, 0.15) is 17.7 Å². The first kappa shape index (κ1) is 15.2. The zero-order valence-corrected chi connectivity index (χ0v) is 14.8. The van der Waals surface area contributed by atoms with Crippen molar-refractivity contribution >= 4 is 23.1 Å². The van der Waals surface area contributed by atoms with Gasteiger partial charge in [0, 0.05) is 54.1 Å². The van der Waals surface area contributed by atoms with Gasteiger partial charge in [0.25, 0.3) is 0 Å². The Kier molecular flexibility index (Phi) is 3.64. The van der Waals surface area contributed by atoms with Gasteiger partial charge in [-0.2, -0.15) is 9.61 Å². The van der Waals surface area contributed by atoms with Crippen molar-refractivity contribution in [3.8, 4) is 11.3 Å². The van der Waals surface area contributed by atoms with Gasteiger partial charge in [0.1, 0.15) is 5.82 Å². The van der Waals surface area contributed by atoms with Crippen LogP contribution in [0.2, 0.25) is 5.02 Å². The summed E-state index contributed by atoms with van der Waals surface area (Å²) in [6.07, 6.45) is 3.37. The summed E-state index contributed by atoms with van der Waals surface area (Å²) in [5, 5.41) is 9.09. The fraction of sp³-hybridized carbons (Fsp3) is 0.368. The molecule has 2 aromatic heterocycles. The van der Waals surface area contributed by atoms with E-state index in [2.05, 4.69) is 20.8 Å². The third-order valence-electron chi connectivity index (χ3n) is 5.16. The molecule has 0 atom stereocenters. The van der Waals surface area contributed by atoms with Crippen molar-refractivity contribution in [2.45, 2.75) is 19.3 Å². The zero-order chi connectivity index (χ0) is 16.8. The van der Waals surface area contributed by atoms with Crippen LogP contribution in [0.25, 0.3) is 16.9 Å². The summed E-state index contributed by atoms with van der Waals surface area (Å²) in [5.41, 5.74) is 5.61. The molecule has 3 heterocycles. The fourth-order valence-electron chi connectivity index (χ4n) is 3.93. The van der Waals surface area contributed by atoms with Crippen LogP contribution >= 0.6 is 11.6 Å². The van der Waals surface area contributed by atoms with Crippen molar-refractivity contribution in [1.82, 2.24) is 19.9 Å². The Hall–Kier alpha value is -2.11. The average molecular weight is 354 g/mol. The van der Waals surface area contributed by atoms with E-state index in [0.29, 0.717) is 0 Å². The molecule has 1 aliphatic heterocycles. The molecule has 6 heteroatoms. The molecule has 0 amide bonds. The smallest absolute Gasteiger partial charge is 0.158 e. The number of fused-ring (bicyclic) bond motifs is 2. The molecule has 5 nitrogen and oxygen atoms in total. The topological polar surface area (TPSA) is 45.5 Å². The maximum atomic E-state index is 6.02. The summed E-state index contributed by atoms with van der Waals surface area (Å²) in [5.74, 6) is 1.25. The maximum absolute atomic E-state index is 6.02. The van der Waals surface area contributed by atoms with E-state index in [9.17, 15) is 0 Å². The van der Waals surface area contributed by atoms with Crippen molar-refractivity contribution in [2.24, 2.45) is 0 Å². The first-order valence-corrected chi connectivity index (χ1v) is 9.30. The van der Waals surface area contributed by atoms with Gasteiger partial charge in [-0.15, -0.1) is 0 Å². The average Bonchev–Trinajstić information content (AvgIpc) is 3.27. The van der Waals surface area contributed by atoms with E-state index in [1.165, 1.54) is 23.5 Å². The number of nitrogens with one attached hydrogen (secondary N) is 1. The molecule has 5 rings (SSSR count). The number of piperazine rings is 1. The predicted molar refractivity (Wildman–Crippen MR) is 101 cm³/mol. The van der Waals surface area contributed by atoms with Crippen molar-refractivity contribution in [2.75, 3.05) is 31.1 Å². The lowest BCUT2D eigenvalue weighted by molar-refractivity contribution is 0.578. The Balaban J connectivity index is 1.69. The van der Waals surface area contributed by atoms with Gasteiger partial charge in [-0.3, -0.25) is 0 Å². The Morgan fingerprint density at radius 3 is 2.64 bits per heavy atom. The standard InChI is InChI=1S/C19H20ClN5/c20-14-6-4-13(5-7-14)17-12-18-22-16-3-1-2-15(16)19(25(18)23-17)24-10-8-21-9-11-24/h4-7,12,21H,1-3,8-11H2. The highest BCUT2D eigenvalue weighted by molar-refractivity contribution is 6.30. The number of halogens is 1. The van der Waals surface area contributed by atoms with E-state index in [-0.39, 0.29) is 0 Å². The van der Waals surface area contributed by atoms with Gasteiger partial charge in [0.2, 0.25) is 0 Å². The highest BCUT2D eigenvalue weighted by Gasteiger charge is 2.25. The van der Waals surface area contributed by atoms with E-state index in [1.54, 1.807) is 0 Å². The second-order valence-electron chi connectivity index (χ2n) is 6.76. The van der Waals surface area contributed by atoms with Gasteiger partial charge in [-0.05, 0) is 31.4 Å². The molecule has 0 radical (unpaired) electrons.